The molecule has 0 aliphatic carbocycles. The van der Waals surface area contributed by atoms with Gasteiger partial charge in [0.25, 0.3) is 18.8 Å². The zero-order valence-corrected chi connectivity index (χ0v) is 57.5. The van der Waals surface area contributed by atoms with Gasteiger partial charge < -0.3 is 14.2 Å². The average molecular weight is 1230 g/mol. The lowest BCUT2D eigenvalue weighted by Crippen LogP contribution is -2.03. The highest BCUT2D eigenvalue weighted by Gasteiger charge is 2.17. The fraction of sp³-hybridized carbons (Fsp3) is 0.289. The summed E-state index contributed by atoms with van der Waals surface area (Å²) >= 11 is 0. The Morgan fingerprint density at radius 2 is 0.495 bits per heavy atom. The third-order valence-electron chi connectivity index (χ3n) is 17.7. The van der Waals surface area contributed by atoms with Crippen molar-refractivity contribution in [3.05, 3.63) is 282 Å². The highest BCUT2D eigenvalue weighted by molar-refractivity contribution is 5.61. The summed E-state index contributed by atoms with van der Waals surface area (Å²) in [5, 5.41) is 26.5. The monoisotopic (exact) mass is 1230 g/mol. The summed E-state index contributed by atoms with van der Waals surface area (Å²) in [5.74, 6) is 1.97. The number of hydrogen-bond donors (Lipinski definition) is 0. The van der Waals surface area contributed by atoms with Crippen LogP contribution in [0.15, 0.2) is 125 Å². The van der Waals surface area contributed by atoms with Gasteiger partial charge >= 0.3 is 0 Å². The van der Waals surface area contributed by atoms with Crippen LogP contribution in [0.3, 0.4) is 0 Å². The molecule has 0 aromatic heterocycles. The lowest BCUT2D eigenvalue weighted by Gasteiger charge is -2.17. The number of carbonyl (C=O) groups excluding carboxylic acids is 2. The number of isocyanates is 2. The number of aliphatic imine (C=N–C) groups is 2. The Bertz CT molecular complexity index is 4460. The van der Waals surface area contributed by atoms with Crippen molar-refractivity contribution < 1.29 is 23.8 Å². The lowest BCUT2D eigenvalue weighted by molar-refractivity contribution is 0.498. The number of hydrogen-bond acceptors (Lipinski definition) is 10. The van der Waals surface area contributed by atoms with Gasteiger partial charge in [0.05, 0.1) is 11.4 Å². The molecule has 10 heteroatoms. The van der Waals surface area contributed by atoms with Crippen LogP contribution >= 0.6 is 0 Å². The second-order valence-electron chi connectivity index (χ2n) is 25.4. The molecule has 0 amide bonds. The minimum atomic E-state index is 0.644. The zero-order valence-electron chi connectivity index (χ0n) is 57.5. The molecule has 472 valence electrons. The first kappa shape index (κ1) is 70.1. The quantitative estimate of drug-likeness (QED) is 0.0495. The number of aryl methyl sites for hydroxylation is 18. The van der Waals surface area contributed by atoms with Gasteiger partial charge in [-0.05, 0) is 324 Å². The number of ether oxygens (including phenoxy) is 3. The van der Waals surface area contributed by atoms with Crippen LogP contribution in [-0.2, 0) is 48.1 Å². The van der Waals surface area contributed by atoms with Crippen molar-refractivity contribution in [1.82, 2.24) is 0 Å². The summed E-state index contributed by atoms with van der Waals surface area (Å²) in [7, 11) is 0. The van der Waals surface area contributed by atoms with E-state index in [1.165, 1.54) is 111 Å². The van der Waals surface area contributed by atoms with Crippen LogP contribution in [0, 0.1) is 159 Å². The van der Waals surface area contributed by atoms with Crippen LogP contribution < -0.4 is 14.2 Å². The molecule has 0 aliphatic heterocycles. The highest BCUT2D eigenvalue weighted by Crippen LogP contribution is 2.34. The summed E-state index contributed by atoms with van der Waals surface area (Å²) in [6.45, 7) is 37.2. The van der Waals surface area contributed by atoms with Crippen molar-refractivity contribution in [2.45, 2.75) is 163 Å². The number of rotatable bonds is 17. The van der Waals surface area contributed by atoms with Gasteiger partial charge in [-0.25, -0.2) is 9.59 Å². The van der Waals surface area contributed by atoms with E-state index >= 15 is 0 Å². The van der Waals surface area contributed by atoms with E-state index < -0.39 is 0 Å². The molecule has 93 heavy (non-hydrogen) atoms. The van der Waals surface area contributed by atoms with E-state index in [1.54, 1.807) is 30.9 Å². The van der Waals surface area contributed by atoms with Gasteiger partial charge in [-0.3, -0.25) is 0 Å². The standard InChI is InChI=1S/C37H38N2O2.C28H28N2O2.C18H19NO/c1-22-9-24(3)34(17-32(22)15-30-11-26(5)36(39-21-40)27(6)12-30)19-35-18-33(23(2)10-25(35)4)16-31-13-28(7)37(41-20-38)29(8)14-31;1-17-7-18(2)26(13-24-10-21(5)28(32-15-29)22(6)11-24)14-25(17)12-23-8-19(3)27(30-16-31)20(4)9-23;1-12-5-6-17(13(2)7-12)10-16-8-14(3)18(20-11-19)15(4)9-16/h9-14,17-18H,15-16,19H2,1-8H3;7-11,14H,12-13H2,1-6H3;5-9H,10H2,1-4H3. The van der Waals surface area contributed by atoms with Gasteiger partial charge in [-0.15, -0.1) is 15.8 Å². The van der Waals surface area contributed by atoms with Gasteiger partial charge in [0.1, 0.15) is 17.2 Å². The zero-order chi connectivity index (χ0) is 68.0. The molecule has 0 saturated heterocycles. The predicted molar refractivity (Wildman–Crippen MR) is 374 cm³/mol. The smallest absolute Gasteiger partial charge is 0.292 e. The van der Waals surface area contributed by atoms with Crippen LogP contribution in [0.5, 0.6) is 17.2 Å². The van der Waals surface area contributed by atoms with Gasteiger partial charge in [0.2, 0.25) is 12.2 Å². The Morgan fingerprint density at radius 1 is 0.269 bits per heavy atom. The van der Waals surface area contributed by atoms with Crippen LogP contribution in [0.1, 0.15) is 167 Å². The first-order valence-corrected chi connectivity index (χ1v) is 31.4. The molecule has 10 nitrogen and oxygen atoms in total. The summed E-state index contributed by atoms with van der Waals surface area (Å²) in [4.78, 5) is 29.3. The minimum Gasteiger partial charge on any atom is -0.387 e. The summed E-state index contributed by atoms with van der Waals surface area (Å²) < 4.78 is 15.3. The third kappa shape index (κ3) is 18.0. The Labute approximate surface area is 551 Å². The van der Waals surface area contributed by atoms with Crippen molar-refractivity contribution in [3.8, 4) is 36.0 Å². The fourth-order valence-corrected chi connectivity index (χ4v) is 13.1. The molecule has 0 N–H and O–H groups in total. The van der Waals surface area contributed by atoms with Crippen LogP contribution in [-0.4, -0.2) is 12.2 Å². The summed E-state index contributed by atoms with van der Waals surface area (Å²) in [6, 6.07) is 41.5. The first-order valence-electron chi connectivity index (χ1n) is 31.4. The Kier molecular flexibility index (Phi) is 23.8. The van der Waals surface area contributed by atoms with Crippen LogP contribution in [0.2, 0.25) is 0 Å². The van der Waals surface area contributed by atoms with E-state index in [0.29, 0.717) is 28.6 Å². The maximum Gasteiger partial charge on any atom is 0.292 e. The summed E-state index contributed by atoms with van der Waals surface area (Å²) in [5.41, 5.74) is 36.9. The number of nitrogens with zero attached hydrogens (tertiary/aromatic N) is 5. The summed E-state index contributed by atoms with van der Waals surface area (Å²) in [6.07, 6.45) is 13.7. The fourth-order valence-electron chi connectivity index (χ4n) is 13.1. The van der Waals surface area contributed by atoms with Crippen molar-refractivity contribution in [3.63, 3.8) is 0 Å². The molecule has 0 bridgehead atoms. The number of nitriles is 3. The minimum absolute atomic E-state index is 0.644. The van der Waals surface area contributed by atoms with Crippen LogP contribution in [0.4, 0.5) is 11.4 Å². The Morgan fingerprint density at radius 3 is 0.731 bits per heavy atom. The maximum absolute atomic E-state index is 10.8. The van der Waals surface area contributed by atoms with E-state index in [1.807, 2.05) is 69.2 Å². The maximum atomic E-state index is 10.8. The molecule has 0 saturated carbocycles. The lowest BCUT2D eigenvalue weighted by atomic mass is 9.88. The molecular formula is C83H85N5O5. The van der Waals surface area contributed by atoms with E-state index in [-0.39, 0.29) is 0 Å². The van der Waals surface area contributed by atoms with Crippen molar-refractivity contribution in [1.29, 1.82) is 15.8 Å². The molecule has 0 aliphatic rings. The molecule has 0 atom stereocenters. The van der Waals surface area contributed by atoms with Gasteiger partial charge in [-0.1, -0.05) is 121 Å². The van der Waals surface area contributed by atoms with Gasteiger partial charge in [0, 0.05) is 0 Å². The largest absolute Gasteiger partial charge is 0.387 e. The van der Waals surface area contributed by atoms with E-state index in [4.69, 9.17) is 30.0 Å². The predicted octanol–water partition coefficient (Wildman–Crippen LogP) is 19.7. The normalized spacial score (nSPS) is 10.5. The Balaban J connectivity index is 0.000000209. The Hall–Kier alpha value is -10.4. The van der Waals surface area contributed by atoms with Crippen LogP contribution in [0.25, 0.3) is 0 Å². The van der Waals surface area contributed by atoms with Crippen molar-refractivity contribution in [2.24, 2.45) is 9.98 Å². The molecule has 0 heterocycles. The molecule has 9 rings (SSSR count). The second-order valence-corrected chi connectivity index (χ2v) is 25.4. The molecule has 0 unspecified atom stereocenters. The second kappa shape index (κ2) is 31.6. The van der Waals surface area contributed by atoms with Crippen molar-refractivity contribution in [2.75, 3.05) is 0 Å². The van der Waals surface area contributed by atoms with E-state index in [0.717, 1.165) is 94.2 Å². The molecule has 0 fully saturated rings. The number of benzene rings is 9. The van der Waals surface area contributed by atoms with Gasteiger partial charge in [0.15, 0.2) is 0 Å². The molecular weight excluding hydrogens is 1150 g/mol. The molecule has 0 spiro atoms. The molecule has 0 radical (unpaired) electrons. The van der Waals surface area contributed by atoms with Crippen molar-refractivity contribution >= 4 is 23.5 Å². The molecule has 9 aromatic rings. The highest BCUT2D eigenvalue weighted by atomic mass is 16.5. The third-order valence-corrected chi connectivity index (χ3v) is 17.7. The topological polar surface area (TPSA) is 158 Å². The van der Waals surface area contributed by atoms with E-state index in [9.17, 15) is 9.59 Å². The molecule has 9 aromatic carbocycles. The SMILES string of the molecule is Cc1cc(C)c(Cc2cc(C)c(OC#N)c(C)c2)cc1Cc1cc(C)c(N=C=O)c(C)c1.Cc1cc(C)c(Cc2cc(Cc3cc(C)c(OC#N)c(C)c3)c(C)cc2C)cc1Cc1cc(C)c(N=C=O)c(C)c1.Cc1ccc(Cc2cc(C)c(OC#N)c(C)c2)c(C)c1. The first-order chi connectivity index (χ1) is 44.2. The average Bonchev–Trinajstić information content (AvgIpc) is 0.873. The van der Waals surface area contributed by atoms with E-state index in [2.05, 4.69) is 181 Å². The van der Waals surface area contributed by atoms with Gasteiger partial charge in [-0.2, -0.15) is 9.98 Å².